The van der Waals surface area contributed by atoms with E-state index in [1.54, 1.807) is 0 Å². The van der Waals surface area contributed by atoms with Crippen molar-refractivity contribution >= 4 is 17.7 Å². The largest absolute Gasteiger partial charge is 0.493 e. The van der Waals surface area contributed by atoms with E-state index in [2.05, 4.69) is 34.6 Å². The lowest BCUT2D eigenvalue weighted by atomic mass is 10.1. The first-order valence-electron chi connectivity index (χ1n) is 9.17. The molecule has 2 aromatic carbocycles. The van der Waals surface area contributed by atoms with Gasteiger partial charge in [0.15, 0.2) is 0 Å². The number of benzene rings is 2. The number of nitrogens with one attached hydrogen (secondary N) is 1. The molecule has 1 N–H and O–H groups in total. The Morgan fingerprint density at radius 3 is 2.75 bits per heavy atom. The Kier molecular flexibility index (Phi) is 7.08. The van der Waals surface area contributed by atoms with Gasteiger partial charge < -0.3 is 14.5 Å². The molecule has 0 bridgehead atoms. The van der Waals surface area contributed by atoms with Crippen LogP contribution in [0, 0.1) is 6.92 Å². The predicted molar refractivity (Wildman–Crippen MR) is 110 cm³/mol. The van der Waals surface area contributed by atoms with Gasteiger partial charge in [-0.15, -0.1) is 10.2 Å². The van der Waals surface area contributed by atoms with Crippen LogP contribution in [0.4, 0.5) is 0 Å². The first-order chi connectivity index (χ1) is 13.7. The van der Waals surface area contributed by atoms with Crippen LogP contribution in [0.5, 0.6) is 5.75 Å². The summed E-state index contributed by atoms with van der Waals surface area (Å²) in [5.41, 5.74) is 3.22. The molecule has 3 aromatic rings. The van der Waals surface area contributed by atoms with Crippen LogP contribution in [0.1, 0.15) is 18.1 Å². The molecule has 146 valence electrons. The van der Waals surface area contributed by atoms with Crippen molar-refractivity contribution in [3.8, 4) is 17.2 Å². The average molecular weight is 398 g/mol. The van der Waals surface area contributed by atoms with E-state index in [-0.39, 0.29) is 11.7 Å². The SMILES string of the molecule is CCOc1ccccc1-c1nnc(SCC(=O)NCCc2ccccc2C)o1. The van der Waals surface area contributed by atoms with Crippen molar-refractivity contribution < 1.29 is 13.9 Å². The first kappa shape index (κ1) is 19.9. The smallest absolute Gasteiger partial charge is 0.277 e. The number of ether oxygens (including phenoxy) is 1. The zero-order valence-corrected chi connectivity index (χ0v) is 16.8. The number of carbonyl (C=O) groups is 1. The Morgan fingerprint density at radius 1 is 1.14 bits per heavy atom. The summed E-state index contributed by atoms with van der Waals surface area (Å²) in [6.07, 6.45) is 0.808. The lowest BCUT2D eigenvalue weighted by molar-refractivity contribution is -0.118. The minimum absolute atomic E-state index is 0.0620. The van der Waals surface area contributed by atoms with Crippen LogP contribution in [-0.4, -0.2) is 35.0 Å². The molecule has 0 aliphatic heterocycles. The van der Waals surface area contributed by atoms with Crippen molar-refractivity contribution in [1.82, 2.24) is 15.5 Å². The fourth-order valence-electron chi connectivity index (χ4n) is 2.71. The Bertz CT molecular complexity index is 927. The summed E-state index contributed by atoms with van der Waals surface area (Å²) in [5.74, 6) is 1.24. The molecular formula is C21H23N3O3S. The molecule has 7 heteroatoms. The summed E-state index contributed by atoms with van der Waals surface area (Å²) in [4.78, 5) is 12.1. The molecule has 0 atom stereocenters. The van der Waals surface area contributed by atoms with Gasteiger partial charge in [0.25, 0.3) is 11.1 Å². The van der Waals surface area contributed by atoms with Crippen molar-refractivity contribution in [3.63, 3.8) is 0 Å². The maximum atomic E-state index is 12.1. The third-order valence-corrected chi connectivity index (χ3v) is 4.95. The Morgan fingerprint density at radius 2 is 1.93 bits per heavy atom. The highest BCUT2D eigenvalue weighted by molar-refractivity contribution is 7.99. The average Bonchev–Trinajstić information content (AvgIpc) is 3.17. The highest BCUT2D eigenvalue weighted by Gasteiger charge is 2.14. The van der Waals surface area contributed by atoms with Gasteiger partial charge in [-0.05, 0) is 43.5 Å². The lowest BCUT2D eigenvalue weighted by Crippen LogP contribution is -2.27. The molecule has 0 fully saturated rings. The normalized spacial score (nSPS) is 10.6. The van der Waals surface area contributed by atoms with E-state index in [0.717, 1.165) is 12.0 Å². The number of thioether (sulfide) groups is 1. The number of hydrogen-bond donors (Lipinski definition) is 1. The number of para-hydroxylation sites is 1. The second kappa shape index (κ2) is 9.94. The third kappa shape index (κ3) is 5.36. The molecule has 0 radical (unpaired) electrons. The van der Waals surface area contributed by atoms with E-state index in [0.29, 0.717) is 30.0 Å². The van der Waals surface area contributed by atoms with Crippen LogP contribution in [0.15, 0.2) is 58.2 Å². The molecule has 0 aliphatic rings. The van der Waals surface area contributed by atoms with E-state index in [9.17, 15) is 4.79 Å². The maximum Gasteiger partial charge on any atom is 0.277 e. The van der Waals surface area contributed by atoms with Crippen LogP contribution < -0.4 is 10.1 Å². The Labute approximate surface area is 168 Å². The molecule has 6 nitrogen and oxygen atoms in total. The molecule has 0 saturated heterocycles. The minimum Gasteiger partial charge on any atom is -0.493 e. The molecule has 3 rings (SSSR count). The number of amides is 1. The van der Waals surface area contributed by atoms with Gasteiger partial charge in [-0.1, -0.05) is 48.2 Å². The highest BCUT2D eigenvalue weighted by Crippen LogP contribution is 2.30. The summed E-state index contributed by atoms with van der Waals surface area (Å²) in [6, 6.07) is 15.7. The predicted octanol–water partition coefficient (Wildman–Crippen LogP) is 3.89. The molecule has 1 heterocycles. The molecular weight excluding hydrogens is 374 g/mol. The fraction of sp³-hybridized carbons (Fsp3) is 0.286. The van der Waals surface area contributed by atoms with Crippen LogP contribution >= 0.6 is 11.8 Å². The number of aromatic nitrogens is 2. The zero-order valence-electron chi connectivity index (χ0n) is 16.0. The van der Waals surface area contributed by atoms with Crippen molar-refractivity contribution in [2.75, 3.05) is 18.9 Å². The Balaban J connectivity index is 1.49. The molecule has 0 unspecified atom stereocenters. The van der Waals surface area contributed by atoms with E-state index in [4.69, 9.17) is 9.15 Å². The van der Waals surface area contributed by atoms with Gasteiger partial charge >= 0.3 is 0 Å². The van der Waals surface area contributed by atoms with Gasteiger partial charge in [0.05, 0.1) is 17.9 Å². The van der Waals surface area contributed by atoms with Crippen LogP contribution in [0.3, 0.4) is 0 Å². The number of carbonyl (C=O) groups excluding carboxylic acids is 1. The fourth-order valence-corrected chi connectivity index (χ4v) is 3.30. The van der Waals surface area contributed by atoms with Crippen molar-refractivity contribution in [2.45, 2.75) is 25.5 Å². The third-order valence-electron chi connectivity index (χ3n) is 4.13. The number of nitrogens with zero attached hydrogens (tertiary/aromatic N) is 2. The molecule has 0 saturated carbocycles. The quantitative estimate of drug-likeness (QED) is 0.552. The molecule has 1 amide bonds. The van der Waals surface area contributed by atoms with Gasteiger partial charge in [0.1, 0.15) is 5.75 Å². The summed E-state index contributed by atoms with van der Waals surface area (Å²) < 4.78 is 11.3. The summed E-state index contributed by atoms with van der Waals surface area (Å²) in [7, 11) is 0. The first-order valence-corrected chi connectivity index (χ1v) is 10.2. The second-order valence-electron chi connectivity index (χ2n) is 6.12. The summed E-state index contributed by atoms with van der Waals surface area (Å²) in [5, 5.41) is 11.4. The van der Waals surface area contributed by atoms with Crippen LogP contribution in [0.25, 0.3) is 11.5 Å². The molecule has 1 aromatic heterocycles. The Hall–Kier alpha value is -2.80. The second-order valence-corrected chi connectivity index (χ2v) is 7.04. The van der Waals surface area contributed by atoms with Gasteiger partial charge in [-0.25, -0.2) is 0 Å². The monoisotopic (exact) mass is 397 g/mol. The maximum absolute atomic E-state index is 12.1. The van der Waals surface area contributed by atoms with Crippen molar-refractivity contribution in [1.29, 1.82) is 0 Å². The van der Waals surface area contributed by atoms with Crippen molar-refractivity contribution in [2.24, 2.45) is 0 Å². The van der Waals surface area contributed by atoms with Gasteiger partial charge in [-0.3, -0.25) is 4.79 Å². The molecule has 0 spiro atoms. The number of aryl methyl sites for hydroxylation is 1. The van der Waals surface area contributed by atoms with E-state index < -0.39 is 0 Å². The minimum atomic E-state index is -0.0620. The van der Waals surface area contributed by atoms with E-state index in [1.807, 2.05) is 43.3 Å². The van der Waals surface area contributed by atoms with E-state index in [1.165, 1.54) is 22.9 Å². The summed E-state index contributed by atoms with van der Waals surface area (Å²) in [6.45, 7) is 5.14. The molecule has 0 aliphatic carbocycles. The van der Waals surface area contributed by atoms with Crippen molar-refractivity contribution in [3.05, 3.63) is 59.7 Å². The summed E-state index contributed by atoms with van der Waals surface area (Å²) >= 11 is 1.22. The van der Waals surface area contributed by atoms with Gasteiger partial charge in [-0.2, -0.15) is 0 Å². The number of rotatable bonds is 9. The number of hydrogen-bond acceptors (Lipinski definition) is 6. The zero-order chi connectivity index (χ0) is 19.8. The van der Waals surface area contributed by atoms with Crippen LogP contribution in [0.2, 0.25) is 0 Å². The van der Waals surface area contributed by atoms with Gasteiger partial charge in [0, 0.05) is 6.54 Å². The highest BCUT2D eigenvalue weighted by atomic mass is 32.2. The standard InChI is InChI=1S/C21H23N3O3S/c1-3-26-18-11-7-6-10-17(18)20-23-24-21(27-20)28-14-19(25)22-13-12-16-9-5-4-8-15(16)2/h4-11H,3,12-14H2,1-2H3,(H,22,25). The van der Waals surface area contributed by atoms with Gasteiger partial charge in [0.2, 0.25) is 5.91 Å². The van der Waals surface area contributed by atoms with Crippen LogP contribution in [-0.2, 0) is 11.2 Å². The topological polar surface area (TPSA) is 77.2 Å². The lowest BCUT2D eigenvalue weighted by Gasteiger charge is -2.07. The molecule has 28 heavy (non-hydrogen) atoms. The van der Waals surface area contributed by atoms with E-state index >= 15 is 0 Å².